The Morgan fingerprint density at radius 2 is 1.67 bits per heavy atom. The number of likely N-dealkylation sites (tertiary alicyclic amines) is 1. The van der Waals surface area contributed by atoms with E-state index in [0.29, 0.717) is 42.6 Å². The van der Waals surface area contributed by atoms with Crippen LogP contribution in [0.5, 0.6) is 0 Å². The maximum atomic E-state index is 14.0. The highest BCUT2D eigenvalue weighted by Gasteiger charge is 2.42. The van der Waals surface area contributed by atoms with Crippen LogP contribution in [0.4, 0.5) is 35.5 Å². The zero-order valence-electron chi connectivity index (χ0n) is 24.5. The summed E-state index contributed by atoms with van der Waals surface area (Å²) >= 11 is 0. The Morgan fingerprint density at radius 3 is 2.27 bits per heavy atom. The Hall–Kier alpha value is -3.87. The van der Waals surface area contributed by atoms with Gasteiger partial charge in [0.2, 0.25) is 0 Å². The number of hydrogen-bond acceptors (Lipinski definition) is 2. The lowest BCUT2D eigenvalue weighted by Crippen LogP contribution is -2.50. The zero-order valence-corrected chi connectivity index (χ0v) is 25.3. The minimum Gasteiger partial charge on any atom is -0.321 e. The standard InChI is InChI=1S/C31H30F7N4O2.ClH/c1-18-12-23(32)4-6-26(18)27-16-24(40-10-11-41-25(17-40)5-7-28(41)43)8-9-42(27)29(44)39(3)19(2)20-13-21(30(33,34)35)15-22(14-20)31(36,37)38;/h4-7,10,12-15,17,19,24,27H,8-9,11,16H2,1-3H3;1H/q+1;/t19-,24+,27-;/m1./s1. The molecule has 3 amide bonds. The maximum Gasteiger partial charge on any atom is 0.416 e. The van der Waals surface area contributed by atoms with Crippen LogP contribution in [0.2, 0.25) is 0 Å². The van der Waals surface area contributed by atoms with Crippen molar-refractivity contribution in [2.75, 3.05) is 20.1 Å². The average molecular weight is 660 g/mol. The summed E-state index contributed by atoms with van der Waals surface area (Å²) in [7, 11) is 1.34. The predicted octanol–water partition coefficient (Wildman–Crippen LogP) is 7.25. The van der Waals surface area contributed by atoms with Gasteiger partial charge in [0.1, 0.15) is 18.1 Å². The second-order valence-electron chi connectivity index (χ2n) is 11.3. The van der Waals surface area contributed by atoms with Gasteiger partial charge in [0, 0.05) is 32.5 Å². The number of urea groups is 1. The normalized spacial score (nSPS) is 20.7. The van der Waals surface area contributed by atoms with Crippen molar-refractivity contribution in [2.45, 2.75) is 57.2 Å². The van der Waals surface area contributed by atoms with Gasteiger partial charge in [-0.25, -0.2) is 13.8 Å². The van der Waals surface area contributed by atoms with Crippen molar-refractivity contribution in [1.82, 2.24) is 14.7 Å². The van der Waals surface area contributed by atoms with Gasteiger partial charge in [-0.3, -0.25) is 9.69 Å². The van der Waals surface area contributed by atoms with Gasteiger partial charge in [0.25, 0.3) is 5.91 Å². The molecular weight excluding hydrogens is 629 g/mol. The zero-order chi connectivity index (χ0) is 32.1. The van der Waals surface area contributed by atoms with Crippen LogP contribution >= 0.6 is 12.4 Å². The molecule has 3 aliphatic heterocycles. The van der Waals surface area contributed by atoms with Gasteiger partial charge in [0.05, 0.1) is 23.2 Å². The molecule has 3 atom stereocenters. The highest BCUT2D eigenvalue weighted by atomic mass is 35.5. The van der Waals surface area contributed by atoms with Crippen LogP contribution in [-0.4, -0.2) is 63.6 Å². The molecule has 0 saturated carbocycles. The number of aryl methyl sites for hydroxylation is 1. The first-order valence-corrected chi connectivity index (χ1v) is 14.0. The summed E-state index contributed by atoms with van der Waals surface area (Å²) in [6, 6.07) is 3.11. The van der Waals surface area contributed by atoms with Gasteiger partial charge >= 0.3 is 18.4 Å². The molecule has 242 valence electrons. The van der Waals surface area contributed by atoms with Crippen molar-refractivity contribution in [3.63, 3.8) is 0 Å². The van der Waals surface area contributed by atoms with E-state index in [4.69, 9.17) is 0 Å². The van der Waals surface area contributed by atoms with E-state index in [1.165, 1.54) is 37.1 Å². The molecule has 0 aromatic heterocycles. The minimum absolute atomic E-state index is 0. The first-order chi connectivity index (χ1) is 20.5. The molecule has 3 heterocycles. The molecule has 0 unspecified atom stereocenters. The summed E-state index contributed by atoms with van der Waals surface area (Å²) in [5.41, 5.74) is -1.23. The van der Waals surface area contributed by atoms with Crippen molar-refractivity contribution < 1.29 is 44.9 Å². The Bertz CT molecular complexity index is 1550. The molecular formula is C31H31ClF7N4O2+. The number of nitrogens with zero attached hydrogens (tertiary/aromatic N) is 4. The van der Waals surface area contributed by atoms with Crippen molar-refractivity contribution in [3.8, 4) is 0 Å². The Kier molecular flexibility index (Phi) is 9.44. The van der Waals surface area contributed by atoms with Gasteiger partial charge in [-0.2, -0.15) is 26.3 Å². The largest absolute Gasteiger partial charge is 0.416 e. The average Bonchev–Trinajstić information content (AvgIpc) is 3.34. The maximum absolute atomic E-state index is 14.0. The van der Waals surface area contributed by atoms with Crippen molar-refractivity contribution in [3.05, 3.63) is 94.1 Å². The Balaban J connectivity index is 0.00000461. The molecule has 45 heavy (non-hydrogen) atoms. The lowest BCUT2D eigenvalue weighted by atomic mass is 9.89. The molecule has 1 fully saturated rings. The van der Waals surface area contributed by atoms with E-state index >= 15 is 0 Å². The molecule has 1 saturated heterocycles. The predicted molar refractivity (Wildman–Crippen MR) is 154 cm³/mol. The second kappa shape index (κ2) is 12.5. The quantitative estimate of drug-likeness (QED) is 0.257. The van der Waals surface area contributed by atoms with E-state index in [9.17, 15) is 40.3 Å². The molecule has 0 bridgehead atoms. The van der Waals surface area contributed by atoms with Crippen LogP contribution in [0.3, 0.4) is 0 Å². The number of benzene rings is 2. The smallest absolute Gasteiger partial charge is 0.321 e. The summed E-state index contributed by atoms with van der Waals surface area (Å²) in [5, 5.41) is 0. The van der Waals surface area contributed by atoms with Gasteiger partial charge in [0.15, 0.2) is 18.5 Å². The molecule has 2 aromatic rings. The summed E-state index contributed by atoms with van der Waals surface area (Å²) in [4.78, 5) is 30.3. The van der Waals surface area contributed by atoms with E-state index in [2.05, 4.69) is 0 Å². The highest BCUT2D eigenvalue weighted by molar-refractivity contribution is 5.94. The molecule has 5 rings (SSSR count). The number of carbonyl (C=O) groups excluding carboxylic acids is 2. The summed E-state index contributed by atoms with van der Waals surface area (Å²) in [5.74, 6) is -0.577. The van der Waals surface area contributed by atoms with Crippen LogP contribution in [-0.2, 0) is 17.1 Å². The number of fused-ring (bicyclic) bond motifs is 1. The topological polar surface area (TPSA) is 46.9 Å². The van der Waals surface area contributed by atoms with E-state index < -0.39 is 47.4 Å². The van der Waals surface area contributed by atoms with Crippen molar-refractivity contribution in [1.29, 1.82) is 0 Å². The third-order valence-corrected chi connectivity index (χ3v) is 8.54. The van der Waals surface area contributed by atoms with E-state index in [0.717, 1.165) is 10.6 Å². The van der Waals surface area contributed by atoms with E-state index in [-0.39, 0.29) is 42.5 Å². The second-order valence-corrected chi connectivity index (χ2v) is 11.3. The fourth-order valence-electron chi connectivity index (χ4n) is 5.97. The van der Waals surface area contributed by atoms with Crippen LogP contribution in [0, 0.1) is 12.7 Å². The van der Waals surface area contributed by atoms with Crippen LogP contribution in [0.25, 0.3) is 0 Å². The number of rotatable bonds is 4. The number of amides is 3. The van der Waals surface area contributed by atoms with E-state index in [1.54, 1.807) is 24.0 Å². The lowest BCUT2D eigenvalue weighted by molar-refractivity contribution is -0.506. The molecule has 0 N–H and O–H groups in total. The van der Waals surface area contributed by atoms with Crippen LogP contribution in [0.15, 0.2) is 60.4 Å². The number of alkyl halides is 6. The number of piperidine rings is 1. The fourth-order valence-corrected chi connectivity index (χ4v) is 5.97. The third kappa shape index (κ3) is 6.87. The molecule has 2 aromatic carbocycles. The minimum atomic E-state index is -5.02. The van der Waals surface area contributed by atoms with Gasteiger partial charge in [-0.15, -0.1) is 12.4 Å². The number of carbonyl (C=O) groups is 2. The van der Waals surface area contributed by atoms with Gasteiger partial charge in [-0.05, 0) is 66.9 Å². The molecule has 6 nitrogen and oxygen atoms in total. The Morgan fingerprint density at radius 1 is 1.02 bits per heavy atom. The summed E-state index contributed by atoms with van der Waals surface area (Å²) in [6.07, 6.45) is -2.22. The number of hydrogen-bond donors (Lipinski definition) is 0. The number of allylic oxidation sites excluding steroid dienone is 1. The van der Waals surface area contributed by atoms with E-state index in [1.807, 2.05) is 17.0 Å². The SMILES string of the molecule is Cc1cc(F)ccc1[C@H]1C[C@@H]([N+]2=CCN3C(=O)C=CC3=C2)CCN1C(=O)N(C)[C@H](C)c1cc(C(F)(F)F)cc(C(F)(F)F)c1.Cl. The molecule has 0 radical (unpaired) electrons. The summed E-state index contributed by atoms with van der Waals surface area (Å²) < 4.78 is 97.2. The Labute approximate surface area is 261 Å². The molecule has 14 heteroatoms. The van der Waals surface area contributed by atoms with Crippen molar-refractivity contribution in [2.24, 2.45) is 0 Å². The third-order valence-electron chi connectivity index (χ3n) is 8.54. The first-order valence-electron chi connectivity index (χ1n) is 14.0. The van der Waals surface area contributed by atoms with Gasteiger partial charge in [-0.1, -0.05) is 6.07 Å². The highest BCUT2D eigenvalue weighted by Crippen LogP contribution is 2.40. The molecule has 0 spiro atoms. The number of halogens is 8. The molecule has 0 aliphatic carbocycles. The van der Waals surface area contributed by atoms with Crippen LogP contribution < -0.4 is 0 Å². The monoisotopic (exact) mass is 659 g/mol. The lowest BCUT2D eigenvalue weighted by Gasteiger charge is -2.42. The van der Waals surface area contributed by atoms with Crippen molar-refractivity contribution >= 4 is 30.6 Å². The molecule has 3 aliphatic rings. The first kappa shape index (κ1) is 34.0. The van der Waals surface area contributed by atoms with Gasteiger partial charge < -0.3 is 9.80 Å². The summed E-state index contributed by atoms with van der Waals surface area (Å²) in [6.45, 7) is 3.66. The fraction of sp³-hybridized carbons (Fsp3) is 0.387. The van der Waals surface area contributed by atoms with Crippen LogP contribution in [0.1, 0.15) is 59.7 Å².